The highest BCUT2D eigenvalue weighted by Crippen LogP contribution is 2.49. The molecule has 5 rings (SSSR count). The van der Waals surface area contributed by atoms with E-state index < -0.39 is 0 Å². The zero-order chi connectivity index (χ0) is 19.1. The number of nitrogens with zero attached hydrogens (tertiary/aromatic N) is 2. The number of carbonyl (C=O) groups is 1. The minimum Gasteiger partial charge on any atom is -0.494 e. The molecule has 1 amide bonds. The first-order valence-corrected chi connectivity index (χ1v) is 9.99. The lowest BCUT2D eigenvalue weighted by molar-refractivity contribution is -0.115. The van der Waals surface area contributed by atoms with E-state index in [4.69, 9.17) is 4.74 Å². The third-order valence-corrected chi connectivity index (χ3v) is 6.10. The summed E-state index contributed by atoms with van der Waals surface area (Å²) in [7, 11) is 0. The molecule has 0 bridgehead atoms. The van der Waals surface area contributed by atoms with Gasteiger partial charge < -0.3 is 19.9 Å². The van der Waals surface area contributed by atoms with Gasteiger partial charge in [-0.05, 0) is 48.7 Å². The Labute approximate surface area is 164 Å². The number of halogens is 1. The first kappa shape index (κ1) is 17.5. The maximum absolute atomic E-state index is 12.9. The van der Waals surface area contributed by atoms with Crippen LogP contribution in [0.4, 0.5) is 15.8 Å². The van der Waals surface area contributed by atoms with Crippen LogP contribution in [0.5, 0.6) is 5.75 Å². The van der Waals surface area contributed by atoms with E-state index >= 15 is 0 Å². The summed E-state index contributed by atoms with van der Waals surface area (Å²) in [6.45, 7) is 4.14. The fourth-order valence-electron chi connectivity index (χ4n) is 4.89. The van der Waals surface area contributed by atoms with Gasteiger partial charge in [0.1, 0.15) is 11.6 Å². The molecule has 1 fully saturated rings. The van der Waals surface area contributed by atoms with Crippen molar-refractivity contribution in [2.24, 2.45) is 0 Å². The monoisotopic (exact) mass is 381 g/mol. The average Bonchev–Trinajstić information content (AvgIpc) is 3.01. The van der Waals surface area contributed by atoms with Gasteiger partial charge in [0.25, 0.3) is 0 Å². The molecule has 3 aliphatic heterocycles. The minimum atomic E-state index is -0.245. The van der Waals surface area contributed by atoms with E-state index in [9.17, 15) is 9.18 Å². The van der Waals surface area contributed by atoms with Gasteiger partial charge in [0.05, 0.1) is 24.5 Å². The van der Waals surface area contributed by atoms with Crippen molar-refractivity contribution in [3.8, 4) is 5.75 Å². The van der Waals surface area contributed by atoms with Crippen molar-refractivity contribution in [1.29, 1.82) is 0 Å². The standard InChI is InChI=1S/C22H24FN3O2/c23-15-5-7-16(8-6-15)28-12-2-10-25-11-9-20-18(13-25)17-3-1-4-19-22(17)26(20)14-21(27)24-19/h1,3-8,18,20H,2,9-14H2,(H,24,27)/t18-,20+/m0/s1. The van der Waals surface area contributed by atoms with Crippen LogP contribution in [0.3, 0.4) is 0 Å². The lowest BCUT2D eigenvalue weighted by Crippen LogP contribution is -2.49. The molecule has 2 aromatic carbocycles. The molecule has 2 atom stereocenters. The normalized spacial score (nSPS) is 23.2. The third-order valence-electron chi connectivity index (χ3n) is 6.10. The van der Waals surface area contributed by atoms with Crippen molar-refractivity contribution in [2.45, 2.75) is 24.8 Å². The number of likely N-dealkylation sites (tertiary alicyclic amines) is 1. The highest BCUT2D eigenvalue weighted by molar-refractivity contribution is 6.03. The Bertz CT molecular complexity index is 886. The number of piperidine rings is 1. The fourth-order valence-corrected chi connectivity index (χ4v) is 4.89. The molecule has 0 spiro atoms. The lowest BCUT2D eigenvalue weighted by atomic mass is 9.89. The summed E-state index contributed by atoms with van der Waals surface area (Å²) in [5, 5.41) is 3.02. The summed E-state index contributed by atoms with van der Waals surface area (Å²) in [5.74, 6) is 1.01. The SMILES string of the molecule is O=C1CN2c3c(cccc3[C@@H]3CN(CCCOc4ccc(F)cc4)CC[C@H]32)N1. The molecule has 2 aromatic rings. The molecule has 0 radical (unpaired) electrons. The van der Waals surface area contributed by atoms with Crippen LogP contribution in [0.15, 0.2) is 42.5 Å². The molecule has 0 aromatic heterocycles. The van der Waals surface area contributed by atoms with Gasteiger partial charge in [-0.15, -0.1) is 0 Å². The molecular formula is C22H24FN3O2. The Kier molecular flexibility index (Phi) is 4.43. The highest BCUT2D eigenvalue weighted by atomic mass is 19.1. The minimum absolute atomic E-state index is 0.0886. The zero-order valence-electron chi connectivity index (χ0n) is 15.7. The predicted molar refractivity (Wildman–Crippen MR) is 107 cm³/mol. The van der Waals surface area contributed by atoms with Gasteiger partial charge >= 0.3 is 0 Å². The molecule has 6 heteroatoms. The van der Waals surface area contributed by atoms with Crippen molar-refractivity contribution in [2.75, 3.05) is 43.0 Å². The summed E-state index contributed by atoms with van der Waals surface area (Å²) in [6, 6.07) is 12.9. The van der Waals surface area contributed by atoms with E-state index in [0.29, 0.717) is 30.9 Å². The third kappa shape index (κ3) is 3.11. The summed E-state index contributed by atoms with van der Waals surface area (Å²) in [4.78, 5) is 16.9. The number of para-hydroxylation sites is 1. The van der Waals surface area contributed by atoms with E-state index in [1.807, 2.05) is 6.07 Å². The van der Waals surface area contributed by atoms with Crippen LogP contribution in [0.1, 0.15) is 24.3 Å². The summed E-state index contributed by atoms with van der Waals surface area (Å²) in [5.41, 5.74) is 3.57. The van der Waals surface area contributed by atoms with Gasteiger partial charge in [0.2, 0.25) is 5.91 Å². The van der Waals surface area contributed by atoms with Crippen molar-refractivity contribution in [3.63, 3.8) is 0 Å². The molecule has 3 heterocycles. The number of hydrogen-bond acceptors (Lipinski definition) is 4. The smallest absolute Gasteiger partial charge is 0.243 e. The van der Waals surface area contributed by atoms with Crippen molar-refractivity contribution < 1.29 is 13.9 Å². The Morgan fingerprint density at radius 2 is 2.04 bits per heavy atom. The van der Waals surface area contributed by atoms with E-state index in [-0.39, 0.29) is 11.7 Å². The first-order chi connectivity index (χ1) is 13.7. The number of benzene rings is 2. The summed E-state index contributed by atoms with van der Waals surface area (Å²) in [6.07, 6.45) is 2.01. The number of amides is 1. The van der Waals surface area contributed by atoms with Gasteiger partial charge in [0.15, 0.2) is 0 Å². The topological polar surface area (TPSA) is 44.8 Å². The van der Waals surface area contributed by atoms with E-state index in [1.54, 1.807) is 12.1 Å². The van der Waals surface area contributed by atoms with Crippen LogP contribution in [0.25, 0.3) is 0 Å². The van der Waals surface area contributed by atoms with Crippen LogP contribution in [-0.2, 0) is 4.79 Å². The lowest BCUT2D eigenvalue weighted by Gasteiger charge is -2.39. The predicted octanol–water partition coefficient (Wildman–Crippen LogP) is 3.22. The number of anilines is 2. The fraction of sp³-hybridized carbons (Fsp3) is 0.409. The van der Waals surface area contributed by atoms with Crippen molar-refractivity contribution in [1.82, 2.24) is 4.90 Å². The maximum atomic E-state index is 12.9. The second kappa shape index (κ2) is 7.09. The number of fused-ring (bicyclic) bond motifs is 3. The van der Waals surface area contributed by atoms with Gasteiger partial charge in [-0.2, -0.15) is 0 Å². The molecule has 3 aliphatic rings. The molecule has 1 saturated heterocycles. The molecule has 5 nitrogen and oxygen atoms in total. The largest absolute Gasteiger partial charge is 0.494 e. The zero-order valence-corrected chi connectivity index (χ0v) is 15.7. The second-order valence-corrected chi connectivity index (χ2v) is 7.84. The molecule has 0 aliphatic carbocycles. The van der Waals surface area contributed by atoms with Crippen LogP contribution in [0, 0.1) is 5.82 Å². The molecule has 146 valence electrons. The Morgan fingerprint density at radius 1 is 1.18 bits per heavy atom. The summed E-state index contributed by atoms with van der Waals surface area (Å²) < 4.78 is 18.7. The number of nitrogens with one attached hydrogen (secondary N) is 1. The molecule has 0 saturated carbocycles. The van der Waals surface area contributed by atoms with Crippen LogP contribution < -0.4 is 15.0 Å². The van der Waals surface area contributed by atoms with Crippen LogP contribution >= 0.6 is 0 Å². The maximum Gasteiger partial charge on any atom is 0.243 e. The second-order valence-electron chi connectivity index (χ2n) is 7.84. The Morgan fingerprint density at radius 3 is 2.89 bits per heavy atom. The molecular weight excluding hydrogens is 357 g/mol. The molecule has 1 N–H and O–H groups in total. The average molecular weight is 381 g/mol. The molecule has 0 unspecified atom stereocenters. The first-order valence-electron chi connectivity index (χ1n) is 9.99. The van der Waals surface area contributed by atoms with E-state index in [2.05, 4.69) is 27.2 Å². The van der Waals surface area contributed by atoms with Gasteiger partial charge in [-0.25, -0.2) is 4.39 Å². The van der Waals surface area contributed by atoms with Gasteiger partial charge in [0, 0.05) is 31.6 Å². The van der Waals surface area contributed by atoms with Crippen LogP contribution in [-0.4, -0.2) is 49.6 Å². The highest BCUT2D eigenvalue weighted by Gasteiger charge is 2.44. The Balaban J connectivity index is 1.20. The van der Waals surface area contributed by atoms with E-state index in [1.165, 1.54) is 23.4 Å². The van der Waals surface area contributed by atoms with Gasteiger partial charge in [-0.3, -0.25) is 4.79 Å². The summed E-state index contributed by atoms with van der Waals surface area (Å²) >= 11 is 0. The van der Waals surface area contributed by atoms with Gasteiger partial charge in [-0.1, -0.05) is 12.1 Å². The van der Waals surface area contributed by atoms with E-state index in [0.717, 1.165) is 38.2 Å². The number of ether oxygens (including phenoxy) is 1. The van der Waals surface area contributed by atoms with Crippen molar-refractivity contribution >= 4 is 17.3 Å². The Hall–Kier alpha value is -2.60. The number of carbonyl (C=O) groups excluding carboxylic acids is 1. The number of rotatable bonds is 5. The number of hydrogen-bond donors (Lipinski definition) is 1. The van der Waals surface area contributed by atoms with Crippen LogP contribution in [0.2, 0.25) is 0 Å². The molecule has 28 heavy (non-hydrogen) atoms. The quantitative estimate of drug-likeness (QED) is 0.808. The van der Waals surface area contributed by atoms with Crippen molar-refractivity contribution in [3.05, 3.63) is 53.8 Å².